The minimum atomic E-state index is -0.254. The number of amides is 1. The monoisotopic (exact) mass is 446 g/mol. The van der Waals surface area contributed by atoms with Crippen molar-refractivity contribution >= 4 is 29.7 Å². The quantitative estimate of drug-likeness (QED) is 0.785. The van der Waals surface area contributed by atoms with Crippen LogP contribution in [0.5, 0.6) is 0 Å². The van der Waals surface area contributed by atoms with Crippen molar-refractivity contribution < 1.29 is 9.18 Å². The highest BCUT2D eigenvalue weighted by Gasteiger charge is 2.34. The number of carbonyl (C=O) groups is 1. The third-order valence-corrected chi connectivity index (χ3v) is 6.29. The SMILES string of the molecule is Cc1ccc(C)c(N2CCN(C(=O)C3CNCCN3c3ccc(F)cc3C)CC2)c1.Cl. The minimum absolute atomic E-state index is 0. The molecule has 1 atom stereocenters. The Balaban J connectivity index is 0.00000272. The zero-order valence-corrected chi connectivity index (χ0v) is 19.3. The Bertz CT molecular complexity index is 930. The van der Waals surface area contributed by atoms with Crippen molar-refractivity contribution in [2.45, 2.75) is 26.8 Å². The van der Waals surface area contributed by atoms with Crippen molar-refractivity contribution in [1.82, 2.24) is 10.2 Å². The molecule has 0 aliphatic carbocycles. The van der Waals surface area contributed by atoms with E-state index in [2.05, 4.69) is 47.2 Å². The van der Waals surface area contributed by atoms with Crippen LogP contribution in [0.4, 0.5) is 15.8 Å². The number of rotatable bonds is 3. The predicted octanol–water partition coefficient (Wildman–Crippen LogP) is 3.30. The standard InChI is InChI=1S/C24H31FN4O.ClH/c1-17-4-5-18(2)22(14-17)27-10-12-28(13-11-27)24(30)23-16-26-8-9-29(23)21-7-6-20(25)15-19(21)3;/h4-7,14-15,23,26H,8-13,16H2,1-3H3;1H. The van der Waals surface area contributed by atoms with Crippen LogP contribution in [-0.4, -0.2) is 62.7 Å². The lowest BCUT2D eigenvalue weighted by Crippen LogP contribution is -2.61. The number of halogens is 2. The fraction of sp³-hybridized carbons (Fsp3) is 0.458. The third kappa shape index (κ3) is 4.96. The maximum Gasteiger partial charge on any atom is 0.246 e. The first-order chi connectivity index (χ1) is 14.4. The lowest BCUT2D eigenvalue weighted by Gasteiger charge is -2.43. The molecule has 2 fully saturated rings. The second-order valence-electron chi connectivity index (χ2n) is 8.45. The van der Waals surface area contributed by atoms with Gasteiger partial charge in [0.1, 0.15) is 11.9 Å². The van der Waals surface area contributed by atoms with Crippen molar-refractivity contribution in [3.63, 3.8) is 0 Å². The summed E-state index contributed by atoms with van der Waals surface area (Å²) in [5.41, 5.74) is 5.62. The van der Waals surface area contributed by atoms with Crippen molar-refractivity contribution in [3.8, 4) is 0 Å². The molecule has 1 unspecified atom stereocenters. The van der Waals surface area contributed by atoms with Gasteiger partial charge in [-0.1, -0.05) is 12.1 Å². The molecule has 0 aromatic heterocycles. The van der Waals surface area contributed by atoms with Gasteiger partial charge in [0, 0.05) is 57.2 Å². The summed E-state index contributed by atoms with van der Waals surface area (Å²) < 4.78 is 13.6. The maximum atomic E-state index is 13.6. The highest BCUT2D eigenvalue weighted by Crippen LogP contribution is 2.26. The molecule has 2 aromatic carbocycles. The number of anilines is 2. The van der Waals surface area contributed by atoms with Gasteiger partial charge in [-0.05, 0) is 61.7 Å². The summed E-state index contributed by atoms with van der Waals surface area (Å²) in [7, 11) is 0. The van der Waals surface area contributed by atoms with E-state index in [1.165, 1.54) is 22.9 Å². The molecule has 4 rings (SSSR count). The van der Waals surface area contributed by atoms with Gasteiger partial charge < -0.3 is 20.0 Å². The molecule has 1 N–H and O–H groups in total. The van der Waals surface area contributed by atoms with Crippen LogP contribution in [0.1, 0.15) is 16.7 Å². The van der Waals surface area contributed by atoms with Crippen LogP contribution in [0.25, 0.3) is 0 Å². The molecule has 2 aliphatic rings. The molecule has 31 heavy (non-hydrogen) atoms. The Morgan fingerprint density at radius 3 is 2.39 bits per heavy atom. The molecular weight excluding hydrogens is 415 g/mol. The molecule has 2 saturated heterocycles. The molecule has 168 valence electrons. The second kappa shape index (κ2) is 9.88. The number of hydrogen-bond donors (Lipinski definition) is 1. The van der Waals surface area contributed by atoms with Gasteiger partial charge in [-0.2, -0.15) is 0 Å². The Morgan fingerprint density at radius 2 is 1.68 bits per heavy atom. The first-order valence-corrected chi connectivity index (χ1v) is 10.8. The van der Waals surface area contributed by atoms with Crippen LogP contribution in [0, 0.1) is 26.6 Å². The second-order valence-corrected chi connectivity index (χ2v) is 8.45. The van der Waals surface area contributed by atoms with Crippen LogP contribution in [0.2, 0.25) is 0 Å². The zero-order chi connectivity index (χ0) is 21.3. The van der Waals surface area contributed by atoms with Crippen LogP contribution in [-0.2, 0) is 4.79 Å². The van der Waals surface area contributed by atoms with Crippen LogP contribution < -0.4 is 15.1 Å². The predicted molar refractivity (Wildman–Crippen MR) is 127 cm³/mol. The Kier molecular flexibility index (Phi) is 7.44. The third-order valence-electron chi connectivity index (χ3n) is 6.29. The van der Waals surface area contributed by atoms with Gasteiger partial charge in [0.25, 0.3) is 0 Å². The van der Waals surface area contributed by atoms with Gasteiger partial charge in [-0.3, -0.25) is 4.79 Å². The molecule has 0 radical (unpaired) electrons. The normalized spacial score (nSPS) is 19.2. The van der Waals surface area contributed by atoms with Crippen LogP contribution >= 0.6 is 12.4 Å². The van der Waals surface area contributed by atoms with E-state index in [-0.39, 0.29) is 30.2 Å². The first-order valence-electron chi connectivity index (χ1n) is 10.8. The van der Waals surface area contributed by atoms with E-state index in [9.17, 15) is 9.18 Å². The van der Waals surface area contributed by atoms with Crippen molar-refractivity contribution in [3.05, 3.63) is 58.9 Å². The molecule has 0 bridgehead atoms. The maximum absolute atomic E-state index is 13.6. The Morgan fingerprint density at radius 1 is 0.935 bits per heavy atom. The molecule has 2 heterocycles. The molecule has 2 aromatic rings. The largest absolute Gasteiger partial charge is 0.368 e. The van der Waals surface area contributed by atoms with Crippen molar-refractivity contribution in [2.75, 3.05) is 55.6 Å². The highest BCUT2D eigenvalue weighted by molar-refractivity contribution is 5.86. The average Bonchev–Trinajstić information content (AvgIpc) is 2.75. The molecule has 0 spiro atoms. The lowest BCUT2D eigenvalue weighted by molar-refractivity contribution is -0.133. The smallest absolute Gasteiger partial charge is 0.246 e. The number of piperazine rings is 2. The van der Waals surface area contributed by atoms with E-state index >= 15 is 0 Å². The fourth-order valence-corrected chi connectivity index (χ4v) is 4.59. The number of nitrogens with one attached hydrogen (secondary N) is 1. The molecular formula is C24H32ClFN4O. The van der Waals surface area contributed by atoms with E-state index in [0.29, 0.717) is 6.54 Å². The molecule has 7 heteroatoms. The van der Waals surface area contributed by atoms with E-state index in [1.54, 1.807) is 12.1 Å². The summed E-state index contributed by atoms with van der Waals surface area (Å²) in [5.74, 6) is -0.0802. The van der Waals surface area contributed by atoms with E-state index in [4.69, 9.17) is 0 Å². The first kappa shape index (κ1) is 23.4. The summed E-state index contributed by atoms with van der Waals surface area (Å²) in [6.45, 7) is 11.5. The van der Waals surface area contributed by atoms with Crippen molar-refractivity contribution in [1.29, 1.82) is 0 Å². The summed E-state index contributed by atoms with van der Waals surface area (Å²) in [4.78, 5) is 19.9. The number of benzene rings is 2. The number of hydrogen-bond acceptors (Lipinski definition) is 4. The topological polar surface area (TPSA) is 38.8 Å². The number of aryl methyl sites for hydroxylation is 3. The molecule has 1 amide bonds. The average molecular weight is 447 g/mol. The minimum Gasteiger partial charge on any atom is -0.368 e. The summed E-state index contributed by atoms with van der Waals surface area (Å²) in [6, 6.07) is 11.1. The van der Waals surface area contributed by atoms with Gasteiger partial charge in [-0.25, -0.2) is 4.39 Å². The van der Waals surface area contributed by atoms with Crippen LogP contribution in [0.3, 0.4) is 0 Å². The van der Waals surface area contributed by atoms with Crippen LogP contribution in [0.15, 0.2) is 36.4 Å². The summed E-state index contributed by atoms with van der Waals surface area (Å²) in [5, 5.41) is 3.36. The molecule has 0 saturated carbocycles. The van der Waals surface area contributed by atoms with E-state index in [1.807, 2.05) is 11.8 Å². The van der Waals surface area contributed by atoms with Gasteiger partial charge in [0.05, 0.1) is 0 Å². The molecule has 2 aliphatic heterocycles. The zero-order valence-electron chi connectivity index (χ0n) is 18.5. The lowest BCUT2D eigenvalue weighted by atomic mass is 10.1. The number of carbonyl (C=O) groups excluding carboxylic acids is 1. The van der Waals surface area contributed by atoms with Gasteiger partial charge in [0.15, 0.2) is 0 Å². The fourth-order valence-electron chi connectivity index (χ4n) is 4.59. The highest BCUT2D eigenvalue weighted by atomic mass is 35.5. The molecule has 5 nitrogen and oxygen atoms in total. The summed E-state index contributed by atoms with van der Waals surface area (Å²) in [6.07, 6.45) is 0. The van der Waals surface area contributed by atoms with E-state index in [0.717, 1.165) is 50.5 Å². The van der Waals surface area contributed by atoms with Crippen molar-refractivity contribution in [2.24, 2.45) is 0 Å². The Labute approximate surface area is 190 Å². The van der Waals surface area contributed by atoms with E-state index < -0.39 is 0 Å². The van der Waals surface area contributed by atoms with Gasteiger partial charge >= 0.3 is 0 Å². The van der Waals surface area contributed by atoms with Gasteiger partial charge in [0.2, 0.25) is 5.91 Å². The number of nitrogens with zero attached hydrogens (tertiary/aromatic N) is 3. The Hall–Kier alpha value is -2.31. The summed E-state index contributed by atoms with van der Waals surface area (Å²) >= 11 is 0. The van der Waals surface area contributed by atoms with Gasteiger partial charge in [-0.15, -0.1) is 12.4 Å².